The Morgan fingerprint density at radius 1 is 0.483 bits per heavy atom. The van der Waals surface area contributed by atoms with Crippen LogP contribution in [0.5, 0.6) is 34.5 Å². The summed E-state index contributed by atoms with van der Waals surface area (Å²) in [5.41, 5.74) is 17.9. The number of Topliss-reactive ketones (excluding diaryl/α,β-unsaturated/α-hetero) is 4. The molecule has 21 nitrogen and oxygen atoms in total. The van der Waals surface area contributed by atoms with Crippen LogP contribution in [-0.4, -0.2) is 125 Å². The predicted molar refractivity (Wildman–Crippen MR) is 564 cm³/mol. The number of thiazole rings is 1. The standard InChI is InChI=1S/C27H31NO3.C26H27FN2O.C23H20FNO3.C22H19NO4S.C21H24N4O/c1-3-30-27-18-23(19-28-21(2)24-12-8-5-9-13-24)15-17-26(27)31-20-25(29)16-14-22-10-6-4-7-11-22;1-21(29-17-15-28(16-18-29)19-22-5-3-2-4-6-22)24-9-13-26(14-10-24)30-20-23-7-11-25(27)12-8-23;1-28-20-12-8-17(9-13-20)15-19(26)14-16-6-10-18(11-7-16)25-23(27)21-4-2-3-5-22(21)24;1-26-20-10-6-16(7-11-20)12-19(25)13-22-23-18(14-28-22)9-8-17-4-2-3-5-21(17)27-15-24;1-15-12-16(2)23-21(22-15)11-10-20(26)14-19-13-18(24-25-19)9-8-17-6-4-3-5-7-17/h4-13,15,17-18,21,28H,3,14,16,19-20H2,1-2H3;2-14H,1,15-20H2;2-13H,14-15H2,1H3,(H,25,27);2-11,14-15H,12-13H2,1H3;3-7,12H,8-11,13-14H2,1-2H3/b;;;9-8+;. The Morgan fingerprint density at radius 3 is 1.64 bits per heavy atom. The highest BCUT2D eigenvalue weighted by molar-refractivity contribution is 7.09. The first-order valence-corrected chi connectivity index (χ1v) is 48.7. The van der Waals surface area contributed by atoms with Gasteiger partial charge in [-0.3, -0.25) is 33.7 Å². The summed E-state index contributed by atoms with van der Waals surface area (Å²) in [6.07, 6.45) is 10.1. The normalized spacial score (nSPS) is 12.2. The van der Waals surface area contributed by atoms with Crippen LogP contribution >= 0.6 is 11.3 Å². The van der Waals surface area contributed by atoms with Crippen molar-refractivity contribution in [2.24, 2.45) is 10.2 Å². The van der Waals surface area contributed by atoms with Gasteiger partial charge in [0.1, 0.15) is 76.0 Å². The van der Waals surface area contributed by atoms with Crippen LogP contribution in [0, 0.1) is 25.5 Å². The number of carbonyl (C=O) groups is 6. The van der Waals surface area contributed by atoms with Crippen LogP contribution < -0.4 is 39.1 Å². The minimum atomic E-state index is -0.569. The Labute approximate surface area is 840 Å². The Kier molecular flexibility index (Phi) is 42.5. The number of aryl methyl sites for hydroxylation is 5. The van der Waals surface area contributed by atoms with Crippen LogP contribution in [0.3, 0.4) is 0 Å². The average molecular weight is 1940 g/mol. The van der Waals surface area contributed by atoms with Crippen LogP contribution in [0.2, 0.25) is 0 Å². The van der Waals surface area contributed by atoms with Gasteiger partial charge in [-0.1, -0.05) is 213 Å². The van der Waals surface area contributed by atoms with Crippen molar-refractivity contribution in [3.8, 4) is 34.5 Å². The van der Waals surface area contributed by atoms with Gasteiger partial charge in [-0.05, 0) is 224 Å². The van der Waals surface area contributed by atoms with Crippen LogP contribution in [0.25, 0.3) is 17.8 Å². The van der Waals surface area contributed by atoms with Gasteiger partial charge < -0.3 is 44.0 Å². The van der Waals surface area contributed by atoms with E-state index < -0.39 is 11.7 Å². The maximum atomic E-state index is 13.7. The number of amides is 1. The lowest BCUT2D eigenvalue weighted by atomic mass is 10.0. The molecule has 2 aliphatic heterocycles. The summed E-state index contributed by atoms with van der Waals surface area (Å²) in [5.74, 6) is 3.96. The highest BCUT2D eigenvalue weighted by Crippen LogP contribution is 2.31. The van der Waals surface area contributed by atoms with E-state index in [0.717, 1.165) is 165 Å². The third kappa shape index (κ3) is 36.8. The molecule has 1 atom stereocenters. The molecule has 0 radical (unpaired) electrons. The number of aromatic nitrogens is 3. The Bertz CT molecular complexity index is 6490. The number of benzene rings is 12. The first-order chi connectivity index (χ1) is 69.6. The third-order valence-corrected chi connectivity index (χ3v) is 24.2. The van der Waals surface area contributed by atoms with Crippen LogP contribution in [0.15, 0.2) is 338 Å². The molecular formula is C119H121F2N9O12S. The molecule has 12 aromatic carbocycles. The Balaban J connectivity index is 0.000000160. The van der Waals surface area contributed by atoms with Crippen molar-refractivity contribution in [3.63, 3.8) is 0 Å². The second kappa shape index (κ2) is 57.2. The van der Waals surface area contributed by atoms with Crippen molar-refractivity contribution in [2.75, 3.05) is 58.9 Å². The number of nitrogens with zero attached hydrogens (tertiary/aromatic N) is 7. The molecule has 2 N–H and O–H groups in total. The van der Waals surface area contributed by atoms with Crippen molar-refractivity contribution < 1.29 is 66.0 Å². The van der Waals surface area contributed by atoms with Gasteiger partial charge in [-0.25, -0.2) is 23.7 Å². The van der Waals surface area contributed by atoms with Crippen LogP contribution in [-0.2, 0) is 88.6 Å². The highest BCUT2D eigenvalue weighted by Gasteiger charge is 2.22. The number of ketones is 4. The molecule has 1 fully saturated rings. The molecule has 1 amide bonds. The Hall–Kier alpha value is -15.6. The number of ether oxygens (including phenoxy) is 6. The lowest BCUT2D eigenvalue weighted by molar-refractivity contribution is -0.121. The number of halogens is 2. The number of methoxy groups -OCH3 is 2. The lowest BCUT2D eigenvalue weighted by Gasteiger charge is -2.37. The van der Waals surface area contributed by atoms with E-state index in [1.807, 2.05) is 202 Å². The number of hydrogen-bond acceptors (Lipinski definition) is 21. The molecule has 14 aromatic rings. The van der Waals surface area contributed by atoms with E-state index in [2.05, 4.69) is 126 Å². The number of piperazine rings is 1. The molecule has 0 saturated carbocycles. The largest absolute Gasteiger partial charge is 0.497 e. The fraction of sp³-hybridized carbons (Fsp3) is 0.235. The molecule has 143 heavy (non-hydrogen) atoms. The van der Waals surface area contributed by atoms with Gasteiger partial charge in [0.2, 0.25) is 0 Å². The molecule has 2 aliphatic rings. The number of carbonyl (C=O) groups excluding carboxylic acids is 6. The predicted octanol–water partition coefficient (Wildman–Crippen LogP) is 23.2. The van der Waals surface area contributed by atoms with E-state index in [1.54, 1.807) is 68.8 Å². The summed E-state index contributed by atoms with van der Waals surface area (Å²) in [7, 11) is 3.21. The zero-order valence-corrected chi connectivity index (χ0v) is 82.5. The summed E-state index contributed by atoms with van der Waals surface area (Å²) in [6, 6.07) is 98.8. The molecule has 1 saturated heterocycles. The third-order valence-electron chi connectivity index (χ3n) is 23.3. The Morgan fingerprint density at radius 2 is 1.03 bits per heavy atom. The van der Waals surface area contributed by atoms with Gasteiger partial charge in [0.15, 0.2) is 17.3 Å². The molecule has 0 spiro atoms. The maximum absolute atomic E-state index is 13.7. The second-order valence-electron chi connectivity index (χ2n) is 34.3. The summed E-state index contributed by atoms with van der Waals surface area (Å²) in [5, 5.41) is 17.3. The van der Waals surface area contributed by atoms with Crippen molar-refractivity contribution in [1.29, 1.82) is 0 Å². The van der Waals surface area contributed by atoms with Crippen LogP contribution in [0.4, 0.5) is 14.5 Å². The van der Waals surface area contributed by atoms with Gasteiger partial charge in [-0.2, -0.15) is 10.2 Å². The molecule has 4 heterocycles. The first-order valence-electron chi connectivity index (χ1n) is 47.8. The maximum Gasteiger partial charge on any atom is 0.298 e. The highest BCUT2D eigenvalue weighted by atomic mass is 32.1. The molecule has 16 rings (SSSR count). The fourth-order valence-corrected chi connectivity index (χ4v) is 16.4. The van der Waals surface area contributed by atoms with E-state index in [9.17, 15) is 37.5 Å². The van der Waals surface area contributed by atoms with Gasteiger partial charge in [0.05, 0.1) is 44.2 Å². The summed E-state index contributed by atoms with van der Waals surface area (Å²) in [6.45, 7) is 19.5. The van der Waals surface area contributed by atoms with Gasteiger partial charge in [0.25, 0.3) is 12.4 Å². The zero-order valence-electron chi connectivity index (χ0n) is 81.7. The van der Waals surface area contributed by atoms with E-state index in [0.29, 0.717) is 101 Å². The minimum Gasteiger partial charge on any atom is -0.497 e. The number of anilines is 1. The molecule has 0 bridgehead atoms. The number of nitrogens with one attached hydrogen (secondary N) is 2. The van der Waals surface area contributed by atoms with Crippen molar-refractivity contribution in [3.05, 3.63) is 434 Å². The quantitative estimate of drug-likeness (QED) is 0.0337. The lowest BCUT2D eigenvalue weighted by Crippen LogP contribution is -2.44. The van der Waals surface area contributed by atoms with Crippen molar-refractivity contribution >= 4 is 81.8 Å². The fourth-order valence-electron chi connectivity index (χ4n) is 15.6. The molecular weight excluding hydrogens is 1820 g/mol. The second-order valence-corrected chi connectivity index (χ2v) is 35.3. The summed E-state index contributed by atoms with van der Waals surface area (Å²) in [4.78, 5) is 89.9. The van der Waals surface area contributed by atoms with E-state index in [4.69, 9.17) is 28.4 Å². The zero-order chi connectivity index (χ0) is 101. The molecule has 24 heteroatoms. The minimum absolute atomic E-state index is 0.0127. The van der Waals surface area contributed by atoms with Crippen molar-refractivity contribution in [1.82, 2.24) is 30.1 Å². The topological polar surface area (TPSA) is 252 Å². The van der Waals surface area contributed by atoms with Crippen LogP contribution in [0.1, 0.15) is 151 Å². The van der Waals surface area contributed by atoms with Crippen molar-refractivity contribution in [2.45, 2.75) is 130 Å². The molecule has 2 aromatic heterocycles. The number of hydrogen-bond donors (Lipinski definition) is 2. The van der Waals surface area contributed by atoms with Gasteiger partial charge in [-0.15, -0.1) is 11.3 Å². The monoisotopic (exact) mass is 1940 g/mol. The number of para-hydroxylation sites is 1. The van der Waals surface area contributed by atoms with E-state index >= 15 is 0 Å². The van der Waals surface area contributed by atoms with E-state index in [1.165, 1.54) is 58.4 Å². The smallest absolute Gasteiger partial charge is 0.298 e. The average Bonchev–Trinajstić information content (AvgIpc) is 1.61. The molecule has 1 unspecified atom stereocenters. The molecule has 0 aliphatic carbocycles. The first kappa shape index (κ1) is 106. The van der Waals surface area contributed by atoms with Gasteiger partial charge >= 0.3 is 0 Å². The summed E-state index contributed by atoms with van der Waals surface area (Å²) < 4.78 is 59.2. The SMILES string of the molecule is C=C(c1ccc(OCc2ccc(F)cc2)cc1)N1CCN(Cc2ccccc2)CC1.CCOc1cc(CNC(C)c2ccccc2)ccc1OCC(=O)CCc1ccccc1.COc1ccc(CC(=O)Cc2ccc(NC(=O)c3ccccc3F)cc2)cc1.COc1ccc(CC(=O)Cc2nc(/C=C/c3ccccc3OC=O)cs2)cc1.Cc1cc(C)nc(CCC(=O)CC2=NN=C(CCc3ccccc3)C2)n1. The van der Waals surface area contributed by atoms with E-state index in [-0.39, 0.29) is 47.2 Å². The molecule has 734 valence electrons. The van der Waals surface area contributed by atoms with Gasteiger partial charge in [0, 0.05) is 136 Å². The number of rotatable bonds is 43. The summed E-state index contributed by atoms with van der Waals surface area (Å²) >= 11 is 1.45.